The SMILES string of the molecule is CCC(=O)c1ccc(N(CCC#N)C2CC2)cn1. The predicted molar refractivity (Wildman–Crippen MR) is 69.5 cm³/mol. The Morgan fingerprint density at radius 3 is 2.83 bits per heavy atom. The minimum Gasteiger partial charge on any atom is -0.366 e. The van der Waals surface area contributed by atoms with Crippen molar-refractivity contribution in [2.45, 2.75) is 38.6 Å². The van der Waals surface area contributed by atoms with Crippen molar-refractivity contribution in [1.82, 2.24) is 4.98 Å². The molecule has 1 aromatic heterocycles. The molecule has 4 heteroatoms. The highest BCUT2D eigenvalue weighted by Gasteiger charge is 2.29. The topological polar surface area (TPSA) is 57.0 Å². The molecule has 94 valence electrons. The third kappa shape index (κ3) is 2.86. The number of hydrogen-bond acceptors (Lipinski definition) is 4. The van der Waals surface area contributed by atoms with Gasteiger partial charge in [-0.05, 0) is 25.0 Å². The smallest absolute Gasteiger partial charge is 0.180 e. The van der Waals surface area contributed by atoms with Gasteiger partial charge in [0.15, 0.2) is 5.78 Å². The molecule has 1 aromatic rings. The van der Waals surface area contributed by atoms with Gasteiger partial charge in [-0.15, -0.1) is 0 Å². The molecule has 2 rings (SSSR count). The number of aromatic nitrogens is 1. The molecule has 1 aliphatic carbocycles. The fourth-order valence-corrected chi connectivity index (χ4v) is 1.98. The Balaban J connectivity index is 2.11. The van der Waals surface area contributed by atoms with E-state index in [-0.39, 0.29) is 5.78 Å². The van der Waals surface area contributed by atoms with E-state index in [1.165, 1.54) is 12.8 Å². The van der Waals surface area contributed by atoms with E-state index in [9.17, 15) is 4.79 Å². The van der Waals surface area contributed by atoms with E-state index >= 15 is 0 Å². The lowest BCUT2D eigenvalue weighted by molar-refractivity contribution is 0.0983. The number of ketones is 1. The first kappa shape index (κ1) is 12.6. The van der Waals surface area contributed by atoms with Crippen LogP contribution in [-0.2, 0) is 0 Å². The molecule has 0 spiro atoms. The molecule has 1 aliphatic rings. The third-order valence-corrected chi connectivity index (χ3v) is 3.14. The first-order valence-corrected chi connectivity index (χ1v) is 6.39. The summed E-state index contributed by atoms with van der Waals surface area (Å²) in [5.74, 6) is 0.0662. The number of carbonyl (C=O) groups excluding carboxylic acids is 1. The molecule has 0 amide bonds. The van der Waals surface area contributed by atoms with Crippen molar-refractivity contribution in [2.24, 2.45) is 0 Å². The highest BCUT2D eigenvalue weighted by Crippen LogP contribution is 2.31. The minimum atomic E-state index is 0.0662. The summed E-state index contributed by atoms with van der Waals surface area (Å²) in [6, 6.07) is 6.44. The Hall–Kier alpha value is -1.89. The number of carbonyl (C=O) groups is 1. The van der Waals surface area contributed by atoms with Gasteiger partial charge < -0.3 is 4.90 Å². The first-order valence-electron chi connectivity index (χ1n) is 6.39. The van der Waals surface area contributed by atoms with Crippen LogP contribution >= 0.6 is 0 Å². The van der Waals surface area contributed by atoms with E-state index in [2.05, 4.69) is 16.0 Å². The molecule has 0 bridgehead atoms. The fourth-order valence-electron chi connectivity index (χ4n) is 1.98. The van der Waals surface area contributed by atoms with Gasteiger partial charge in [-0.2, -0.15) is 5.26 Å². The molecule has 0 unspecified atom stereocenters. The largest absolute Gasteiger partial charge is 0.366 e. The zero-order valence-corrected chi connectivity index (χ0v) is 10.6. The maximum absolute atomic E-state index is 11.5. The number of nitriles is 1. The molecule has 1 fully saturated rings. The van der Waals surface area contributed by atoms with Crippen molar-refractivity contribution < 1.29 is 4.79 Å². The molecule has 18 heavy (non-hydrogen) atoms. The number of Topliss-reactive ketones (excluding diaryl/α,β-unsaturated/α-hetero) is 1. The molecule has 1 saturated carbocycles. The number of hydrogen-bond donors (Lipinski definition) is 0. The average molecular weight is 243 g/mol. The molecular formula is C14H17N3O. The van der Waals surface area contributed by atoms with Gasteiger partial charge in [0.05, 0.1) is 24.4 Å². The van der Waals surface area contributed by atoms with Crippen LogP contribution in [0.3, 0.4) is 0 Å². The fraction of sp³-hybridized carbons (Fsp3) is 0.500. The summed E-state index contributed by atoms with van der Waals surface area (Å²) in [6.45, 7) is 2.57. The van der Waals surface area contributed by atoms with Gasteiger partial charge in [-0.1, -0.05) is 6.92 Å². The van der Waals surface area contributed by atoms with Crippen LogP contribution < -0.4 is 4.90 Å². The number of nitrogens with zero attached hydrogens (tertiary/aromatic N) is 3. The highest BCUT2D eigenvalue weighted by molar-refractivity contribution is 5.94. The summed E-state index contributed by atoms with van der Waals surface area (Å²) in [4.78, 5) is 17.9. The normalized spacial score (nSPS) is 14.0. The van der Waals surface area contributed by atoms with Crippen LogP contribution in [0.1, 0.15) is 43.1 Å². The Morgan fingerprint density at radius 1 is 1.56 bits per heavy atom. The van der Waals surface area contributed by atoms with Crippen molar-refractivity contribution in [3.05, 3.63) is 24.0 Å². The quantitative estimate of drug-likeness (QED) is 0.720. The summed E-state index contributed by atoms with van der Waals surface area (Å²) >= 11 is 0. The third-order valence-electron chi connectivity index (χ3n) is 3.14. The molecule has 0 radical (unpaired) electrons. The first-order chi connectivity index (χ1) is 8.76. The van der Waals surface area contributed by atoms with Gasteiger partial charge in [0.25, 0.3) is 0 Å². The number of rotatable bonds is 6. The lowest BCUT2D eigenvalue weighted by Crippen LogP contribution is -2.26. The summed E-state index contributed by atoms with van der Waals surface area (Å²) in [6.07, 6.45) is 5.11. The van der Waals surface area contributed by atoms with Gasteiger partial charge >= 0.3 is 0 Å². The monoisotopic (exact) mass is 243 g/mol. The molecule has 0 saturated heterocycles. The van der Waals surface area contributed by atoms with Gasteiger partial charge in [0.1, 0.15) is 5.69 Å². The molecule has 0 atom stereocenters. The molecule has 0 aromatic carbocycles. The average Bonchev–Trinajstić information content (AvgIpc) is 3.24. The highest BCUT2D eigenvalue weighted by atomic mass is 16.1. The van der Waals surface area contributed by atoms with Crippen LogP contribution in [0, 0.1) is 11.3 Å². The second-order valence-corrected chi connectivity index (χ2v) is 4.51. The van der Waals surface area contributed by atoms with E-state index in [0.29, 0.717) is 24.6 Å². The van der Waals surface area contributed by atoms with Gasteiger partial charge in [-0.25, -0.2) is 0 Å². The maximum atomic E-state index is 11.5. The lowest BCUT2D eigenvalue weighted by atomic mass is 10.2. The van der Waals surface area contributed by atoms with E-state index < -0.39 is 0 Å². The minimum absolute atomic E-state index is 0.0662. The van der Waals surface area contributed by atoms with Crippen molar-refractivity contribution in [1.29, 1.82) is 5.26 Å². The maximum Gasteiger partial charge on any atom is 0.180 e. The number of pyridine rings is 1. The summed E-state index contributed by atoms with van der Waals surface area (Å²) in [5, 5.41) is 8.68. The van der Waals surface area contributed by atoms with Crippen molar-refractivity contribution in [3.8, 4) is 6.07 Å². The van der Waals surface area contributed by atoms with Gasteiger partial charge in [-0.3, -0.25) is 9.78 Å². The van der Waals surface area contributed by atoms with Crippen LogP contribution in [-0.4, -0.2) is 23.4 Å². The van der Waals surface area contributed by atoms with Crippen LogP contribution in [0.25, 0.3) is 0 Å². The van der Waals surface area contributed by atoms with Crippen LogP contribution in [0.15, 0.2) is 18.3 Å². The Kier molecular flexibility index (Phi) is 3.93. The Bertz CT molecular complexity index is 457. The molecular weight excluding hydrogens is 226 g/mol. The van der Waals surface area contributed by atoms with E-state index in [1.54, 1.807) is 12.3 Å². The van der Waals surface area contributed by atoms with Crippen LogP contribution in [0.4, 0.5) is 5.69 Å². The van der Waals surface area contributed by atoms with Crippen LogP contribution in [0.2, 0.25) is 0 Å². The second kappa shape index (κ2) is 5.63. The molecule has 4 nitrogen and oxygen atoms in total. The standard InChI is InChI=1S/C14H17N3O/c1-2-14(18)13-7-6-12(10-16-13)17(9-3-8-15)11-4-5-11/h6-7,10-11H,2-5,9H2,1H3. The summed E-state index contributed by atoms with van der Waals surface area (Å²) < 4.78 is 0. The van der Waals surface area contributed by atoms with Crippen LogP contribution in [0.5, 0.6) is 0 Å². The summed E-state index contributed by atoms with van der Waals surface area (Å²) in [7, 11) is 0. The molecule has 0 N–H and O–H groups in total. The summed E-state index contributed by atoms with van der Waals surface area (Å²) in [5.41, 5.74) is 1.54. The van der Waals surface area contributed by atoms with Crippen molar-refractivity contribution in [2.75, 3.05) is 11.4 Å². The zero-order valence-electron chi connectivity index (χ0n) is 10.6. The second-order valence-electron chi connectivity index (χ2n) is 4.51. The van der Waals surface area contributed by atoms with Gasteiger partial charge in [0, 0.05) is 19.0 Å². The van der Waals surface area contributed by atoms with E-state index in [1.807, 2.05) is 13.0 Å². The molecule has 1 heterocycles. The number of anilines is 1. The Labute approximate surface area is 107 Å². The molecule has 0 aliphatic heterocycles. The Morgan fingerprint density at radius 2 is 2.33 bits per heavy atom. The van der Waals surface area contributed by atoms with E-state index in [0.717, 1.165) is 12.2 Å². The zero-order chi connectivity index (χ0) is 13.0. The van der Waals surface area contributed by atoms with Crippen molar-refractivity contribution in [3.63, 3.8) is 0 Å². The van der Waals surface area contributed by atoms with E-state index in [4.69, 9.17) is 5.26 Å². The van der Waals surface area contributed by atoms with Gasteiger partial charge in [0.2, 0.25) is 0 Å². The predicted octanol–water partition coefficient (Wildman–Crippen LogP) is 2.56. The van der Waals surface area contributed by atoms with Crippen molar-refractivity contribution >= 4 is 11.5 Å². The lowest BCUT2D eigenvalue weighted by Gasteiger charge is -2.23.